The number of unbranched alkanes of at least 4 members (excludes halogenated alkanes) is 1. The predicted octanol–water partition coefficient (Wildman–Crippen LogP) is 1.53. The van der Waals surface area contributed by atoms with Crippen LogP contribution in [0.15, 0.2) is 11.3 Å². The number of hydrogen-bond donors (Lipinski definition) is 2. The monoisotopic (exact) mass is 393 g/mol. The highest BCUT2D eigenvalue weighted by molar-refractivity contribution is 5.79. The third-order valence-electron chi connectivity index (χ3n) is 4.78. The molecule has 1 fully saturated rings. The molecule has 28 heavy (non-hydrogen) atoms. The Kier molecular flexibility index (Phi) is 10.3. The molecule has 0 spiro atoms. The number of rotatable bonds is 11. The van der Waals surface area contributed by atoms with Crippen LogP contribution < -0.4 is 10.6 Å². The lowest BCUT2D eigenvalue weighted by Crippen LogP contribution is -2.46. The van der Waals surface area contributed by atoms with E-state index in [1.807, 2.05) is 0 Å². The van der Waals surface area contributed by atoms with Gasteiger partial charge in [0.1, 0.15) is 12.2 Å². The van der Waals surface area contributed by atoms with Crippen molar-refractivity contribution in [3.8, 4) is 0 Å². The molecule has 0 saturated carbocycles. The summed E-state index contributed by atoms with van der Waals surface area (Å²) in [5.41, 5.74) is 0. The van der Waals surface area contributed by atoms with Crippen LogP contribution in [-0.4, -0.2) is 77.6 Å². The van der Waals surface area contributed by atoms with Crippen molar-refractivity contribution >= 4 is 5.96 Å². The number of guanidine groups is 1. The summed E-state index contributed by atoms with van der Waals surface area (Å²) in [7, 11) is 0. The van der Waals surface area contributed by atoms with Crippen molar-refractivity contribution in [1.82, 2.24) is 30.3 Å². The summed E-state index contributed by atoms with van der Waals surface area (Å²) in [5, 5.41) is 15.0. The molecule has 1 unspecified atom stereocenters. The number of aryl methyl sites for hydroxylation is 1. The largest absolute Gasteiger partial charge is 0.374 e. The lowest BCUT2D eigenvalue weighted by atomic mass is 10.2. The van der Waals surface area contributed by atoms with Crippen LogP contribution >= 0.6 is 0 Å². The molecule has 8 nitrogen and oxygen atoms in total. The van der Waals surface area contributed by atoms with Gasteiger partial charge in [-0.15, -0.1) is 10.2 Å². The van der Waals surface area contributed by atoms with E-state index in [1.165, 1.54) is 0 Å². The molecular formula is C20H39N7O. The van der Waals surface area contributed by atoms with Crippen LogP contribution in [0, 0.1) is 5.92 Å². The average Bonchev–Trinajstić information content (AvgIpc) is 3.13. The number of ether oxygens (including phenoxy) is 1. The van der Waals surface area contributed by atoms with E-state index in [0.717, 1.165) is 76.9 Å². The molecule has 0 bridgehead atoms. The van der Waals surface area contributed by atoms with Gasteiger partial charge in [0.05, 0.1) is 19.3 Å². The highest BCUT2D eigenvalue weighted by Crippen LogP contribution is 2.08. The maximum Gasteiger partial charge on any atom is 0.191 e. The predicted molar refractivity (Wildman–Crippen MR) is 114 cm³/mol. The van der Waals surface area contributed by atoms with E-state index in [0.29, 0.717) is 12.5 Å². The van der Waals surface area contributed by atoms with E-state index in [9.17, 15) is 0 Å². The first-order valence-electron chi connectivity index (χ1n) is 10.8. The minimum atomic E-state index is 0.168. The van der Waals surface area contributed by atoms with Gasteiger partial charge in [-0.1, -0.05) is 34.1 Å². The van der Waals surface area contributed by atoms with Gasteiger partial charge in [0.2, 0.25) is 0 Å². The lowest BCUT2D eigenvalue weighted by Gasteiger charge is -2.33. The Hall–Kier alpha value is -1.67. The number of aromatic nitrogens is 3. The first-order valence-corrected chi connectivity index (χ1v) is 10.8. The fraction of sp³-hybridized carbons (Fsp3) is 0.850. The van der Waals surface area contributed by atoms with Crippen LogP contribution in [0.3, 0.4) is 0 Å². The SMILES string of the molecule is CCCCNC(=NCC1CN(CC(C)C)CCO1)NCCn1cnnc1CC. The van der Waals surface area contributed by atoms with Gasteiger partial charge in [0.15, 0.2) is 5.96 Å². The third-order valence-corrected chi connectivity index (χ3v) is 4.78. The highest BCUT2D eigenvalue weighted by atomic mass is 16.5. The van der Waals surface area contributed by atoms with Crippen molar-refractivity contribution in [3.05, 3.63) is 12.2 Å². The minimum Gasteiger partial charge on any atom is -0.374 e. The second-order valence-corrected chi connectivity index (χ2v) is 7.84. The van der Waals surface area contributed by atoms with Crippen molar-refractivity contribution in [2.75, 3.05) is 45.9 Å². The first-order chi connectivity index (χ1) is 13.6. The maximum atomic E-state index is 5.93. The third kappa shape index (κ3) is 8.14. The zero-order chi connectivity index (χ0) is 20.2. The summed E-state index contributed by atoms with van der Waals surface area (Å²) in [5.74, 6) is 2.56. The molecule has 2 heterocycles. The summed E-state index contributed by atoms with van der Waals surface area (Å²) >= 11 is 0. The number of nitrogens with one attached hydrogen (secondary N) is 2. The summed E-state index contributed by atoms with van der Waals surface area (Å²) in [4.78, 5) is 7.29. The van der Waals surface area contributed by atoms with E-state index in [2.05, 4.69) is 58.0 Å². The summed E-state index contributed by atoms with van der Waals surface area (Å²) in [6.07, 6.45) is 5.15. The topological polar surface area (TPSA) is 79.6 Å². The second kappa shape index (κ2) is 12.7. The van der Waals surface area contributed by atoms with Crippen molar-refractivity contribution < 1.29 is 4.74 Å². The Morgan fingerprint density at radius 3 is 2.89 bits per heavy atom. The Balaban J connectivity index is 1.84. The van der Waals surface area contributed by atoms with Gasteiger partial charge < -0.3 is 19.9 Å². The van der Waals surface area contributed by atoms with Gasteiger partial charge in [0, 0.05) is 45.7 Å². The molecule has 1 aromatic heterocycles. The van der Waals surface area contributed by atoms with E-state index in [4.69, 9.17) is 9.73 Å². The van der Waals surface area contributed by atoms with Crippen LogP contribution in [0.2, 0.25) is 0 Å². The maximum absolute atomic E-state index is 5.93. The van der Waals surface area contributed by atoms with Gasteiger partial charge >= 0.3 is 0 Å². The quantitative estimate of drug-likeness (QED) is 0.337. The van der Waals surface area contributed by atoms with Gasteiger partial charge in [-0.25, -0.2) is 0 Å². The molecule has 160 valence electrons. The number of hydrogen-bond acceptors (Lipinski definition) is 5. The fourth-order valence-electron chi connectivity index (χ4n) is 3.36. The van der Waals surface area contributed by atoms with Crippen molar-refractivity contribution in [2.24, 2.45) is 10.9 Å². The molecule has 8 heteroatoms. The molecule has 2 N–H and O–H groups in total. The van der Waals surface area contributed by atoms with Crippen LogP contribution in [-0.2, 0) is 17.7 Å². The van der Waals surface area contributed by atoms with Crippen LogP contribution in [0.1, 0.15) is 46.4 Å². The minimum absolute atomic E-state index is 0.168. The van der Waals surface area contributed by atoms with E-state index in [1.54, 1.807) is 6.33 Å². The van der Waals surface area contributed by atoms with Crippen LogP contribution in [0.5, 0.6) is 0 Å². The van der Waals surface area contributed by atoms with Crippen LogP contribution in [0.25, 0.3) is 0 Å². The summed E-state index contributed by atoms with van der Waals surface area (Å²) < 4.78 is 8.02. The first kappa shape index (κ1) is 22.6. The Bertz CT molecular complexity index is 573. The van der Waals surface area contributed by atoms with Gasteiger partial charge in [0.25, 0.3) is 0 Å². The molecule has 0 aliphatic carbocycles. The molecule has 1 aliphatic rings. The molecule has 1 saturated heterocycles. The second-order valence-electron chi connectivity index (χ2n) is 7.84. The standard InChI is InChI=1S/C20H39N7O/c1-5-7-8-21-20(22-9-10-27-16-24-25-19(27)6-2)23-13-18-15-26(11-12-28-18)14-17(3)4/h16-18H,5-15H2,1-4H3,(H2,21,22,23). The number of morpholine rings is 1. The number of nitrogens with zero attached hydrogens (tertiary/aromatic N) is 5. The molecule has 1 atom stereocenters. The Morgan fingerprint density at radius 2 is 2.14 bits per heavy atom. The normalized spacial score (nSPS) is 18.6. The van der Waals surface area contributed by atoms with E-state index < -0.39 is 0 Å². The zero-order valence-electron chi connectivity index (χ0n) is 18.2. The molecular weight excluding hydrogens is 354 g/mol. The summed E-state index contributed by atoms with van der Waals surface area (Å²) in [6, 6.07) is 0. The molecule has 1 aromatic rings. The van der Waals surface area contributed by atoms with Crippen molar-refractivity contribution in [2.45, 2.75) is 59.6 Å². The molecule has 1 aliphatic heterocycles. The van der Waals surface area contributed by atoms with Gasteiger partial charge in [-0.05, 0) is 12.3 Å². The van der Waals surface area contributed by atoms with Gasteiger partial charge in [-0.2, -0.15) is 0 Å². The van der Waals surface area contributed by atoms with Crippen LogP contribution in [0.4, 0.5) is 0 Å². The smallest absolute Gasteiger partial charge is 0.191 e. The zero-order valence-corrected chi connectivity index (χ0v) is 18.2. The molecule has 0 radical (unpaired) electrons. The highest BCUT2D eigenvalue weighted by Gasteiger charge is 2.20. The number of aliphatic imine (C=N–C) groups is 1. The summed E-state index contributed by atoms with van der Waals surface area (Å²) in [6.45, 7) is 16.0. The Morgan fingerprint density at radius 1 is 1.32 bits per heavy atom. The molecule has 0 amide bonds. The van der Waals surface area contributed by atoms with E-state index in [-0.39, 0.29) is 6.10 Å². The fourth-order valence-corrected chi connectivity index (χ4v) is 3.36. The Labute approximate surface area is 170 Å². The molecule has 2 rings (SSSR count). The van der Waals surface area contributed by atoms with E-state index >= 15 is 0 Å². The van der Waals surface area contributed by atoms with Gasteiger partial charge in [-0.3, -0.25) is 9.89 Å². The molecule has 0 aromatic carbocycles. The van der Waals surface area contributed by atoms with Crippen molar-refractivity contribution in [1.29, 1.82) is 0 Å². The lowest BCUT2D eigenvalue weighted by molar-refractivity contribution is -0.0261. The average molecular weight is 394 g/mol. The van der Waals surface area contributed by atoms with Crippen molar-refractivity contribution in [3.63, 3.8) is 0 Å².